The number of aryl methyl sites for hydroxylation is 1. The van der Waals surface area contributed by atoms with Crippen molar-refractivity contribution in [2.24, 2.45) is 0 Å². The van der Waals surface area contributed by atoms with E-state index in [1.165, 1.54) is 0 Å². The maximum atomic E-state index is 12.8. The van der Waals surface area contributed by atoms with Gasteiger partial charge in [0.05, 0.1) is 19.3 Å². The molecule has 2 aromatic rings. The Balaban J connectivity index is 1.77. The molecule has 0 unspecified atom stereocenters. The van der Waals surface area contributed by atoms with Gasteiger partial charge in [-0.1, -0.05) is 30.3 Å². The largest absolute Gasteiger partial charge is 0.496 e. The van der Waals surface area contributed by atoms with E-state index in [-0.39, 0.29) is 18.4 Å². The van der Waals surface area contributed by atoms with Crippen LogP contribution in [0, 0.1) is 13.8 Å². The third kappa shape index (κ3) is 3.79. The van der Waals surface area contributed by atoms with Crippen LogP contribution in [-0.2, 0) is 22.7 Å². The maximum absolute atomic E-state index is 12.8. The fraction of sp³-hybridized carbons (Fsp3) is 0.381. The number of carbonyl (C=O) groups is 2. The second-order valence-electron chi connectivity index (χ2n) is 6.92. The number of hydrogen-bond acceptors (Lipinski definition) is 4. The zero-order valence-electron chi connectivity index (χ0n) is 16.2. The molecule has 27 heavy (non-hydrogen) atoms. The van der Waals surface area contributed by atoms with Gasteiger partial charge in [-0.3, -0.25) is 14.6 Å². The van der Waals surface area contributed by atoms with E-state index in [4.69, 9.17) is 4.74 Å². The van der Waals surface area contributed by atoms with Crippen LogP contribution in [0.5, 0.6) is 5.75 Å². The molecule has 6 heteroatoms. The van der Waals surface area contributed by atoms with Crippen LogP contribution in [0.3, 0.4) is 0 Å². The van der Waals surface area contributed by atoms with Crippen LogP contribution in [-0.4, -0.2) is 46.3 Å². The number of carbonyl (C=O) groups excluding carboxylic acids is 2. The predicted molar refractivity (Wildman–Crippen MR) is 102 cm³/mol. The molecule has 1 saturated heterocycles. The van der Waals surface area contributed by atoms with Crippen LogP contribution >= 0.6 is 0 Å². The van der Waals surface area contributed by atoms with Gasteiger partial charge < -0.3 is 14.5 Å². The average molecular weight is 367 g/mol. The molecule has 0 saturated carbocycles. The fourth-order valence-corrected chi connectivity index (χ4v) is 3.50. The molecule has 0 spiro atoms. The molecule has 3 rings (SSSR count). The highest BCUT2D eigenvalue weighted by molar-refractivity contribution is 5.94. The molecule has 1 aromatic heterocycles. The van der Waals surface area contributed by atoms with Crippen LogP contribution in [0.15, 0.2) is 36.5 Å². The monoisotopic (exact) mass is 367 g/mol. The predicted octanol–water partition coefficient (Wildman–Crippen LogP) is 2.47. The fourth-order valence-electron chi connectivity index (χ4n) is 3.50. The Morgan fingerprint density at radius 3 is 2.52 bits per heavy atom. The van der Waals surface area contributed by atoms with Crippen LogP contribution < -0.4 is 4.74 Å². The van der Waals surface area contributed by atoms with Gasteiger partial charge in [0.1, 0.15) is 18.3 Å². The lowest BCUT2D eigenvalue weighted by Crippen LogP contribution is -2.58. The van der Waals surface area contributed by atoms with E-state index in [9.17, 15) is 9.59 Å². The number of pyridine rings is 1. The minimum absolute atomic E-state index is 0.0461. The summed E-state index contributed by atoms with van der Waals surface area (Å²) in [4.78, 5) is 33.3. The Labute approximate surface area is 159 Å². The Morgan fingerprint density at radius 2 is 1.85 bits per heavy atom. The number of ether oxygens (including phenoxy) is 1. The van der Waals surface area contributed by atoms with E-state index in [1.54, 1.807) is 30.0 Å². The first kappa shape index (κ1) is 18.9. The van der Waals surface area contributed by atoms with E-state index < -0.39 is 6.04 Å². The van der Waals surface area contributed by atoms with Gasteiger partial charge in [-0.25, -0.2) is 0 Å². The van der Waals surface area contributed by atoms with Gasteiger partial charge in [0.2, 0.25) is 11.8 Å². The Kier molecular flexibility index (Phi) is 5.44. The second kappa shape index (κ2) is 7.78. The summed E-state index contributed by atoms with van der Waals surface area (Å²) in [5.41, 5.74) is 3.61. The summed E-state index contributed by atoms with van der Waals surface area (Å²) in [6.45, 7) is 6.46. The molecule has 1 aliphatic heterocycles. The number of hydrogen-bond donors (Lipinski definition) is 0. The Bertz CT molecular complexity index is 851. The first-order valence-corrected chi connectivity index (χ1v) is 9.03. The number of nitrogens with zero attached hydrogens (tertiary/aromatic N) is 3. The topological polar surface area (TPSA) is 62.7 Å². The highest BCUT2D eigenvalue weighted by Crippen LogP contribution is 2.26. The maximum Gasteiger partial charge on any atom is 0.245 e. The highest BCUT2D eigenvalue weighted by Gasteiger charge is 2.36. The van der Waals surface area contributed by atoms with Crippen molar-refractivity contribution in [3.63, 3.8) is 0 Å². The average Bonchev–Trinajstić information content (AvgIpc) is 2.66. The molecule has 2 heterocycles. The molecule has 0 radical (unpaired) electrons. The quantitative estimate of drug-likeness (QED) is 0.814. The van der Waals surface area contributed by atoms with E-state index >= 15 is 0 Å². The van der Waals surface area contributed by atoms with Gasteiger partial charge in [-0.15, -0.1) is 0 Å². The molecule has 0 aliphatic carbocycles. The van der Waals surface area contributed by atoms with Gasteiger partial charge in [-0.05, 0) is 26.3 Å². The van der Waals surface area contributed by atoms with Gasteiger partial charge >= 0.3 is 0 Å². The third-order valence-electron chi connectivity index (χ3n) is 5.07. The van der Waals surface area contributed by atoms with E-state index in [1.807, 2.05) is 44.2 Å². The molecule has 1 aliphatic rings. The summed E-state index contributed by atoms with van der Waals surface area (Å²) in [6.07, 6.45) is 1.74. The molecule has 0 bridgehead atoms. The summed E-state index contributed by atoms with van der Waals surface area (Å²) in [5, 5.41) is 0. The number of amides is 2. The summed E-state index contributed by atoms with van der Waals surface area (Å²) in [7, 11) is 1.62. The molecule has 142 valence electrons. The standard InChI is InChI=1S/C21H25N3O3/c1-14-10-22-18(15(2)20(14)27-4)12-24-16(3)21(26)23(13-19(24)25)11-17-8-6-5-7-9-17/h5-10,16H,11-13H2,1-4H3/t16-/m1/s1. The normalized spacial score (nSPS) is 17.4. The summed E-state index contributed by atoms with van der Waals surface area (Å²) < 4.78 is 5.45. The van der Waals surface area contributed by atoms with Crippen LogP contribution in [0.4, 0.5) is 0 Å². The van der Waals surface area contributed by atoms with Crippen molar-refractivity contribution in [2.75, 3.05) is 13.7 Å². The van der Waals surface area contributed by atoms with E-state index in [0.717, 1.165) is 28.1 Å². The van der Waals surface area contributed by atoms with Crippen molar-refractivity contribution in [3.05, 3.63) is 58.9 Å². The molecule has 1 aromatic carbocycles. The second-order valence-corrected chi connectivity index (χ2v) is 6.92. The zero-order valence-corrected chi connectivity index (χ0v) is 16.2. The lowest BCUT2D eigenvalue weighted by Gasteiger charge is -2.38. The van der Waals surface area contributed by atoms with Crippen molar-refractivity contribution in [1.29, 1.82) is 0 Å². The summed E-state index contributed by atoms with van der Waals surface area (Å²) in [6, 6.07) is 9.19. The highest BCUT2D eigenvalue weighted by atomic mass is 16.5. The van der Waals surface area contributed by atoms with Crippen molar-refractivity contribution in [1.82, 2.24) is 14.8 Å². The summed E-state index contributed by atoms with van der Waals surface area (Å²) in [5.74, 6) is 0.656. The third-order valence-corrected chi connectivity index (χ3v) is 5.07. The Hall–Kier alpha value is -2.89. The molecule has 1 atom stereocenters. The molecule has 0 N–H and O–H groups in total. The van der Waals surface area contributed by atoms with E-state index in [2.05, 4.69) is 4.98 Å². The number of piperazine rings is 1. The van der Waals surface area contributed by atoms with Crippen molar-refractivity contribution in [3.8, 4) is 5.75 Å². The van der Waals surface area contributed by atoms with Gasteiger partial charge in [0.15, 0.2) is 0 Å². The zero-order chi connectivity index (χ0) is 19.6. The lowest BCUT2D eigenvalue weighted by atomic mass is 10.1. The number of aromatic nitrogens is 1. The Morgan fingerprint density at radius 1 is 1.15 bits per heavy atom. The molecule has 2 amide bonds. The van der Waals surface area contributed by atoms with Crippen molar-refractivity contribution < 1.29 is 14.3 Å². The van der Waals surface area contributed by atoms with Crippen LogP contribution in [0.2, 0.25) is 0 Å². The van der Waals surface area contributed by atoms with E-state index in [0.29, 0.717) is 13.1 Å². The first-order valence-electron chi connectivity index (χ1n) is 9.03. The SMILES string of the molecule is COc1c(C)cnc(CN2C(=O)CN(Cc3ccccc3)C(=O)[C@H]2C)c1C. The lowest BCUT2D eigenvalue weighted by molar-refractivity contribution is -0.156. The molecular formula is C21H25N3O3. The smallest absolute Gasteiger partial charge is 0.245 e. The number of benzene rings is 1. The number of methoxy groups -OCH3 is 1. The molecule has 1 fully saturated rings. The van der Waals surface area contributed by atoms with Gasteiger partial charge in [-0.2, -0.15) is 0 Å². The first-order chi connectivity index (χ1) is 12.9. The van der Waals surface area contributed by atoms with Gasteiger partial charge in [0, 0.05) is 23.9 Å². The molecular weight excluding hydrogens is 342 g/mol. The van der Waals surface area contributed by atoms with Gasteiger partial charge in [0.25, 0.3) is 0 Å². The summed E-state index contributed by atoms with van der Waals surface area (Å²) >= 11 is 0. The minimum atomic E-state index is -0.525. The molecule has 6 nitrogen and oxygen atoms in total. The minimum Gasteiger partial charge on any atom is -0.496 e. The van der Waals surface area contributed by atoms with Crippen LogP contribution in [0.1, 0.15) is 29.3 Å². The van der Waals surface area contributed by atoms with Crippen molar-refractivity contribution >= 4 is 11.8 Å². The number of rotatable bonds is 5. The van der Waals surface area contributed by atoms with Crippen LogP contribution in [0.25, 0.3) is 0 Å². The van der Waals surface area contributed by atoms with Crippen molar-refractivity contribution in [2.45, 2.75) is 39.9 Å².